The summed E-state index contributed by atoms with van der Waals surface area (Å²) in [5.41, 5.74) is 7.01. The monoisotopic (exact) mass is 284 g/mol. The third-order valence-corrected chi connectivity index (χ3v) is 3.29. The van der Waals surface area contributed by atoms with Crippen molar-refractivity contribution in [2.45, 2.75) is 6.92 Å². The standard InChI is InChI=1S/C10H9ClN4S2/c1-5-13-10(17-15-5)14-8-3-2-6(9(12)16)4-7(8)11/h2-4H,1H3,(H2,12,16)(H,13,14,15). The van der Waals surface area contributed by atoms with Crippen LogP contribution in [0.25, 0.3) is 0 Å². The zero-order valence-electron chi connectivity index (χ0n) is 8.90. The quantitative estimate of drug-likeness (QED) is 0.849. The Morgan fingerprint density at radius 3 is 2.82 bits per heavy atom. The van der Waals surface area contributed by atoms with E-state index in [-0.39, 0.29) is 0 Å². The van der Waals surface area contributed by atoms with Crippen LogP contribution in [0.5, 0.6) is 0 Å². The number of nitrogens with two attached hydrogens (primary N) is 1. The number of anilines is 2. The number of nitrogens with zero attached hydrogens (tertiary/aromatic N) is 2. The molecule has 1 aromatic carbocycles. The molecule has 7 heteroatoms. The maximum atomic E-state index is 6.11. The summed E-state index contributed by atoms with van der Waals surface area (Å²) in [6.45, 7) is 1.83. The minimum atomic E-state index is 0.324. The molecule has 0 bridgehead atoms. The predicted molar refractivity (Wildman–Crippen MR) is 75.3 cm³/mol. The van der Waals surface area contributed by atoms with Crippen molar-refractivity contribution >= 4 is 51.2 Å². The van der Waals surface area contributed by atoms with E-state index in [0.29, 0.717) is 15.1 Å². The van der Waals surface area contributed by atoms with Gasteiger partial charge in [0.1, 0.15) is 10.8 Å². The van der Waals surface area contributed by atoms with Gasteiger partial charge in [0.15, 0.2) is 0 Å². The molecule has 0 spiro atoms. The van der Waals surface area contributed by atoms with Crippen LogP contribution in [0, 0.1) is 6.92 Å². The van der Waals surface area contributed by atoms with Gasteiger partial charge in [0.25, 0.3) is 0 Å². The Morgan fingerprint density at radius 1 is 1.53 bits per heavy atom. The first-order chi connectivity index (χ1) is 8.06. The molecule has 17 heavy (non-hydrogen) atoms. The van der Waals surface area contributed by atoms with E-state index in [1.807, 2.05) is 19.1 Å². The van der Waals surface area contributed by atoms with Crippen LogP contribution in [0.1, 0.15) is 11.4 Å². The Bertz CT molecular complexity index is 567. The molecule has 0 fully saturated rings. The first-order valence-corrected chi connectivity index (χ1v) is 6.29. The number of thiocarbonyl (C=S) groups is 1. The van der Waals surface area contributed by atoms with Gasteiger partial charge in [0.2, 0.25) is 5.13 Å². The molecule has 1 heterocycles. The molecule has 0 aliphatic carbocycles. The van der Waals surface area contributed by atoms with Gasteiger partial charge in [-0.15, -0.1) is 0 Å². The van der Waals surface area contributed by atoms with Crippen LogP contribution in [0.3, 0.4) is 0 Å². The molecule has 0 saturated heterocycles. The molecular formula is C10H9ClN4S2. The van der Waals surface area contributed by atoms with Gasteiger partial charge in [-0.1, -0.05) is 23.8 Å². The molecule has 4 nitrogen and oxygen atoms in total. The number of halogens is 1. The van der Waals surface area contributed by atoms with Crippen LogP contribution in [-0.4, -0.2) is 14.3 Å². The lowest BCUT2D eigenvalue weighted by atomic mass is 10.2. The second-order valence-electron chi connectivity index (χ2n) is 3.33. The Balaban J connectivity index is 2.25. The summed E-state index contributed by atoms with van der Waals surface area (Å²) < 4.78 is 4.07. The van der Waals surface area contributed by atoms with Crippen LogP contribution >= 0.6 is 35.4 Å². The third-order valence-electron chi connectivity index (χ3n) is 2.02. The Kier molecular flexibility index (Phi) is 3.56. The second kappa shape index (κ2) is 4.95. The summed E-state index contributed by atoms with van der Waals surface area (Å²) in [5.74, 6) is 0.730. The van der Waals surface area contributed by atoms with E-state index >= 15 is 0 Å². The molecule has 0 amide bonds. The molecular weight excluding hydrogens is 276 g/mol. The van der Waals surface area contributed by atoms with E-state index in [2.05, 4.69) is 14.7 Å². The highest BCUT2D eigenvalue weighted by Gasteiger charge is 2.06. The second-order valence-corrected chi connectivity index (χ2v) is 4.93. The van der Waals surface area contributed by atoms with Crippen LogP contribution in [-0.2, 0) is 0 Å². The Hall–Kier alpha value is -1.24. The van der Waals surface area contributed by atoms with Gasteiger partial charge in [0.05, 0.1) is 10.7 Å². The molecule has 0 radical (unpaired) electrons. The van der Waals surface area contributed by atoms with Gasteiger partial charge in [0, 0.05) is 17.1 Å². The van der Waals surface area contributed by atoms with Crippen LogP contribution < -0.4 is 11.1 Å². The minimum absolute atomic E-state index is 0.324. The van der Waals surface area contributed by atoms with Crippen molar-refractivity contribution in [2.24, 2.45) is 5.73 Å². The molecule has 0 unspecified atom stereocenters. The molecule has 3 N–H and O–H groups in total. The summed E-state index contributed by atoms with van der Waals surface area (Å²) in [6.07, 6.45) is 0. The zero-order valence-corrected chi connectivity index (χ0v) is 11.3. The Labute approximate surface area is 113 Å². The van der Waals surface area contributed by atoms with Gasteiger partial charge >= 0.3 is 0 Å². The highest BCUT2D eigenvalue weighted by molar-refractivity contribution is 7.80. The largest absolute Gasteiger partial charge is 0.389 e. The summed E-state index contributed by atoms with van der Waals surface area (Å²) in [6, 6.07) is 5.35. The van der Waals surface area contributed by atoms with Crippen LogP contribution in [0.15, 0.2) is 18.2 Å². The average molecular weight is 285 g/mol. The molecule has 88 valence electrons. The fourth-order valence-corrected chi connectivity index (χ4v) is 2.18. The Morgan fingerprint density at radius 2 is 2.29 bits per heavy atom. The minimum Gasteiger partial charge on any atom is -0.389 e. The van der Waals surface area contributed by atoms with Gasteiger partial charge in [-0.25, -0.2) is 4.98 Å². The van der Waals surface area contributed by atoms with Crippen molar-refractivity contribution in [3.8, 4) is 0 Å². The molecule has 0 atom stereocenters. The average Bonchev–Trinajstić information content (AvgIpc) is 2.67. The number of rotatable bonds is 3. The highest BCUT2D eigenvalue weighted by Crippen LogP contribution is 2.27. The summed E-state index contributed by atoms with van der Waals surface area (Å²) in [5, 5.41) is 4.33. The first kappa shape index (κ1) is 12.2. The van der Waals surface area contributed by atoms with Crippen molar-refractivity contribution in [2.75, 3.05) is 5.32 Å². The fraction of sp³-hybridized carbons (Fsp3) is 0.100. The number of hydrogen-bond donors (Lipinski definition) is 2. The van der Waals surface area contributed by atoms with Gasteiger partial charge in [-0.2, -0.15) is 4.37 Å². The van der Waals surface area contributed by atoms with E-state index in [1.165, 1.54) is 11.5 Å². The highest BCUT2D eigenvalue weighted by atomic mass is 35.5. The molecule has 1 aromatic heterocycles. The van der Waals surface area contributed by atoms with E-state index in [0.717, 1.165) is 17.1 Å². The topological polar surface area (TPSA) is 63.8 Å². The molecule has 2 aromatic rings. The number of aromatic nitrogens is 2. The van der Waals surface area contributed by atoms with Gasteiger partial charge in [-0.05, 0) is 25.1 Å². The fourth-order valence-electron chi connectivity index (χ4n) is 1.23. The van der Waals surface area contributed by atoms with E-state index in [9.17, 15) is 0 Å². The molecule has 0 aliphatic rings. The van der Waals surface area contributed by atoms with Crippen molar-refractivity contribution in [1.82, 2.24) is 9.36 Å². The molecule has 2 rings (SSSR count). The van der Waals surface area contributed by atoms with E-state index in [4.69, 9.17) is 29.6 Å². The van der Waals surface area contributed by atoms with Crippen LogP contribution in [0.2, 0.25) is 5.02 Å². The lowest BCUT2D eigenvalue weighted by molar-refractivity contribution is 1.17. The van der Waals surface area contributed by atoms with Crippen LogP contribution in [0.4, 0.5) is 10.8 Å². The number of aryl methyl sites for hydroxylation is 1. The van der Waals surface area contributed by atoms with Crippen molar-refractivity contribution < 1.29 is 0 Å². The summed E-state index contributed by atoms with van der Waals surface area (Å²) in [7, 11) is 0. The van der Waals surface area contributed by atoms with Crippen molar-refractivity contribution in [3.05, 3.63) is 34.6 Å². The number of hydrogen-bond acceptors (Lipinski definition) is 5. The first-order valence-electron chi connectivity index (χ1n) is 4.73. The van der Waals surface area contributed by atoms with Gasteiger partial charge in [-0.3, -0.25) is 0 Å². The smallest absolute Gasteiger partial charge is 0.207 e. The van der Waals surface area contributed by atoms with Gasteiger partial charge < -0.3 is 11.1 Å². The zero-order chi connectivity index (χ0) is 12.4. The maximum absolute atomic E-state index is 6.11. The van der Waals surface area contributed by atoms with Crippen molar-refractivity contribution in [3.63, 3.8) is 0 Å². The lowest BCUT2D eigenvalue weighted by Gasteiger charge is -2.06. The predicted octanol–water partition coefficient (Wildman–Crippen LogP) is 2.88. The van der Waals surface area contributed by atoms with E-state index in [1.54, 1.807) is 6.07 Å². The summed E-state index contributed by atoms with van der Waals surface area (Å²) in [4.78, 5) is 4.52. The number of nitrogens with one attached hydrogen (secondary N) is 1. The normalized spacial score (nSPS) is 10.2. The van der Waals surface area contributed by atoms with Crippen molar-refractivity contribution in [1.29, 1.82) is 0 Å². The molecule has 0 saturated carbocycles. The maximum Gasteiger partial charge on any atom is 0.207 e. The third kappa shape index (κ3) is 2.91. The summed E-state index contributed by atoms with van der Waals surface area (Å²) >= 11 is 12.3. The molecule has 0 aliphatic heterocycles. The SMILES string of the molecule is Cc1nsc(Nc2ccc(C(N)=S)cc2Cl)n1. The lowest BCUT2D eigenvalue weighted by Crippen LogP contribution is -2.09. The number of benzene rings is 1. The van der Waals surface area contributed by atoms with E-state index < -0.39 is 0 Å².